The number of hydrogen-bond acceptors (Lipinski definition) is 7. The second-order valence-corrected chi connectivity index (χ2v) is 10.5. The molecule has 2 amide bonds. The number of halogens is 4. The molecule has 0 heterocycles. The van der Waals surface area contributed by atoms with Crippen molar-refractivity contribution in [1.82, 2.24) is 16.0 Å². The lowest BCUT2D eigenvalue weighted by Crippen LogP contribution is -2.48. The van der Waals surface area contributed by atoms with Gasteiger partial charge in [0.15, 0.2) is 17.4 Å². The van der Waals surface area contributed by atoms with Gasteiger partial charge in [-0.3, -0.25) is 9.59 Å². The second-order valence-electron chi connectivity index (χ2n) is 10.5. The molecule has 0 aromatic heterocycles. The Bertz CT molecular complexity index is 1110. The molecule has 2 aromatic rings. The third-order valence-corrected chi connectivity index (χ3v) is 6.16. The first-order chi connectivity index (χ1) is 20.3. The largest absolute Gasteiger partial charge is 0.485 e. The van der Waals surface area contributed by atoms with E-state index in [4.69, 9.17) is 9.47 Å². The van der Waals surface area contributed by atoms with Crippen molar-refractivity contribution in [1.29, 1.82) is 0 Å². The minimum absolute atomic E-state index is 0.0116. The number of aldehydes is 1. The summed E-state index contributed by atoms with van der Waals surface area (Å²) >= 11 is 0. The molecule has 0 saturated heterocycles. The Morgan fingerprint density at radius 2 is 1.58 bits per heavy atom. The third kappa shape index (κ3) is 14.5. The van der Waals surface area contributed by atoms with Crippen LogP contribution in [0.1, 0.15) is 45.6 Å². The summed E-state index contributed by atoms with van der Waals surface area (Å²) in [7, 11) is 1.71. The molecule has 13 heteroatoms. The average Bonchev–Trinajstić information content (AvgIpc) is 2.97. The molecule has 3 unspecified atom stereocenters. The summed E-state index contributed by atoms with van der Waals surface area (Å²) in [6.07, 6.45) is -0.488. The van der Waals surface area contributed by atoms with E-state index < -0.39 is 59.6 Å². The number of ether oxygens (including phenoxy) is 2. The number of benzene rings is 2. The Morgan fingerprint density at radius 1 is 1.00 bits per heavy atom. The fraction of sp³-hybridized carbons (Fsp3) is 0.500. The Morgan fingerprint density at radius 3 is 2.12 bits per heavy atom. The molecule has 2 rings (SSSR count). The number of methoxy groups -OCH3 is 1. The normalized spacial score (nSPS) is 13.1. The minimum atomic E-state index is -1.78. The van der Waals surface area contributed by atoms with Gasteiger partial charge in [0.1, 0.15) is 19.0 Å². The molecule has 9 nitrogen and oxygen atoms in total. The Kier molecular flexibility index (Phi) is 17.1. The fourth-order valence-electron chi connectivity index (χ4n) is 3.51. The predicted molar refractivity (Wildman–Crippen MR) is 152 cm³/mol. The van der Waals surface area contributed by atoms with Crippen LogP contribution in [0.2, 0.25) is 0 Å². The fourth-order valence-corrected chi connectivity index (χ4v) is 3.51. The highest BCUT2D eigenvalue weighted by molar-refractivity contribution is 5.79. The number of aliphatic hydroxyl groups is 1. The SMILES string of the molecule is COC(C)(C)C.O=CCC(NC(=O)C(CCNC=O)CCNCc1ccccc1)C(O)COc1c(F)c(F)cc(F)c1F. The average molecular weight is 616 g/mol. The number of aliphatic hydroxyl groups excluding tert-OH is 1. The van der Waals surface area contributed by atoms with Gasteiger partial charge in [0, 0.05) is 38.6 Å². The van der Waals surface area contributed by atoms with Gasteiger partial charge in [0.25, 0.3) is 0 Å². The van der Waals surface area contributed by atoms with Gasteiger partial charge in [0.2, 0.25) is 24.0 Å². The van der Waals surface area contributed by atoms with Gasteiger partial charge in [-0.25, -0.2) is 8.78 Å². The monoisotopic (exact) mass is 615 g/mol. The lowest BCUT2D eigenvalue weighted by Gasteiger charge is -2.25. The van der Waals surface area contributed by atoms with E-state index in [1.165, 1.54) is 0 Å². The predicted octanol–water partition coefficient (Wildman–Crippen LogP) is 3.42. The standard InChI is InChI=1S/C25H29F4N3O5.C5H12O/c26-18-12-19(27)23(29)24(22(18)28)37-14-21(35)20(8-11-33)32-25(36)17(7-10-31-15-34)6-9-30-13-16-4-2-1-3-5-16;1-5(2,3)6-4/h1-5,11-12,15,17,20-21,30,35H,6-10,13-14H2,(H,31,34)(H,32,36);1-4H3. The number of nitrogens with one attached hydrogen (secondary N) is 3. The van der Waals surface area contributed by atoms with E-state index in [1.807, 2.05) is 51.1 Å². The molecule has 240 valence electrons. The van der Waals surface area contributed by atoms with E-state index in [0.717, 1.165) is 5.56 Å². The van der Waals surface area contributed by atoms with Crippen LogP contribution < -0.4 is 20.7 Å². The van der Waals surface area contributed by atoms with Crippen LogP contribution in [0.25, 0.3) is 0 Å². The van der Waals surface area contributed by atoms with E-state index in [-0.39, 0.29) is 31.1 Å². The van der Waals surface area contributed by atoms with Crippen molar-refractivity contribution in [3.8, 4) is 5.75 Å². The number of carbonyl (C=O) groups is 3. The topological polar surface area (TPSA) is 126 Å². The van der Waals surface area contributed by atoms with Crippen molar-refractivity contribution in [2.75, 3.05) is 26.8 Å². The summed E-state index contributed by atoms with van der Waals surface area (Å²) in [6.45, 7) is 6.41. The molecule has 2 aromatic carbocycles. The van der Waals surface area contributed by atoms with Crippen LogP contribution in [0.5, 0.6) is 5.75 Å². The van der Waals surface area contributed by atoms with Crippen molar-refractivity contribution in [3.63, 3.8) is 0 Å². The smallest absolute Gasteiger partial charge is 0.223 e. The zero-order valence-electron chi connectivity index (χ0n) is 24.8. The molecule has 0 radical (unpaired) electrons. The molecule has 0 aliphatic carbocycles. The minimum Gasteiger partial charge on any atom is -0.485 e. The van der Waals surface area contributed by atoms with E-state index in [1.54, 1.807) is 7.11 Å². The van der Waals surface area contributed by atoms with Gasteiger partial charge in [-0.2, -0.15) is 8.78 Å². The molecule has 0 aliphatic heterocycles. The summed E-state index contributed by atoms with van der Waals surface area (Å²) in [5, 5.41) is 18.6. The molecule has 43 heavy (non-hydrogen) atoms. The zero-order chi connectivity index (χ0) is 32.4. The van der Waals surface area contributed by atoms with Crippen LogP contribution in [0.3, 0.4) is 0 Å². The number of amides is 2. The highest BCUT2D eigenvalue weighted by Crippen LogP contribution is 2.26. The Hall–Kier alpha value is -3.55. The number of hydrogen-bond donors (Lipinski definition) is 4. The van der Waals surface area contributed by atoms with E-state index in [2.05, 4.69) is 16.0 Å². The first-order valence-electron chi connectivity index (χ1n) is 13.7. The molecular formula is C30H41F4N3O6. The number of carbonyl (C=O) groups excluding carboxylic acids is 3. The quantitative estimate of drug-likeness (QED) is 0.0930. The maximum atomic E-state index is 13.8. The van der Waals surface area contributed by atoms with Gasteiger partial charge < -0.3 is 35.3 Å². The van der Waals surface area contributed by atoms with E-state index in [9.17, 15) is 37.1 Å². The Balaban J connectivity index is 0.00000139. The highest BCUT2D eigenvalue weighted by Gasteiger charge is 2.28. The van der Waals surface area contributed by atoms with Gasteiger partial charge in [-0.15, -0.1) is 0 Å². The maximum Gasteiger partial charge on any atom is 0.223 e. The molecule has 0 bridgehead atoms. The van der Waals surface area contributed by atoms with E-state index >= 15 is 0 Å². The summed E-state index contributed by atoms with van der Waals surface area (Å²) in [5.41, 5.74) is 1.09. The van der Waals surface area contributed by atoms with Gasteiger partial charge in [0.05, 0.1) is 11.6 Å². The molecular weight excluding hydrogens is 574 g/mol. The molecule has 3 atom stereocenters. The molecule has 0 aliphatic rings. The molecule has 4 N–H and O–H groups in total. The van der Waals surface area contributed by atoms with Crippen molar-refractivity contribution >= 4 is 18.6 Å². The molecule has 0 fully saturated rings. The number of rotatable bonds is 17. The summed E-state index contributed by atoms with van der Waals surface area (Å²) in [5.74, 6) is -9.46. The molecule has 0 saturated carbocycles. The maximum absolute atomic E-state index is 13.8. The van der Waals surface area contributed by atoms with E-state index in [0.29, 0.717) is 32.2 Å². The van der Waals surface area contributed by atoms with Crippen molar-refractivity contribution in [2.45, 2.75) is 64.3 Å². The second kappa shape index (κ2) is 19.6. The van der Waals surface area contributed by atoms with Crippen molar-refractivity contribution < 1.29 is 46.5 Å². The third-order valence-electron chi connectivity index (χ3n) is 6.16. The lowest BCUT2D eigenvalue weighted by molar-refractivity contribution is -0.127. The van der Waals surface area contributed by atoms with Crippen molar-refractivity contribution in [3.05, 3.63) is 65.2 Å². The highest BCUT2D eigenvalue weighted by atomic mass is 19.2. The van der Waals surface area contributed by atoms with Gasteiger partial charge in [-0.1, -0.05) is 30.3 Å². The first kappa shape index (κ1) is 37.5. The summed E-state index contributed by atoms with van der Waals surface area (Å²) in [6, 6.07) is 8.36. The van der Waals surface area contributed by atoms with Crippen LogP contribution in [0.4, 0.5) is 17.6 Å². The van der Waals surface area contributed by atoms with Gasteiger partial charge in [-0.05, 0) is 45.7 Å². The Labute approximate surface area is 249 Å². The van der Waals surface area contributed by atoms with Gasteiger partial charge >= 0.3 is 0 Å². The van der Waals surface area contributed by atoms with Crippen LogP contribution in [-0.4, -0.2) is 68.3 Å². The van der Waals surface area contributed by atoms with Crippen LogP contribution in [-0.2, 0) is 25.7 Å². The lowest BCUT2D eigenvalue weighted by atomic mass is 9.98. The summed E-state index contributed by atoms with van der Waals surface area (Å²) < 4.78 is 64.1. The zero-order valence-corrected chi connectivity index (χ0v) is 24.8. The van der Waals surface area contributed by atoms with Crippen molar-refractivity contribution in [2.24, 2.45) is 5.92 Å². The first-order valence-corrected chi connectivity index (χ1v) is 13.7. The summed E-state index contributed by atoms with van der Waals surface area (Å²) in [4.78, 5) is 34.6. The van der Waals surface area contributed by atoms with Crippen LogP contribution >= 0.6 is 0 Å². The van der Waals surface area contributed by atoms with Crippen LogP contribution in [0.15, 0.2) is 36.4 Å². The molecule has 0 spiro atoms. The van der Waals surface area contributed by atoms with Crippen LogP contribution in [0, 0.1) is 29.2 Å².